The van der Waals surface area contributed by atoms with E-state index in [1.165, 1.54) is 0 Å². The van der Waals surface area contributed by atoms with E-state index in [1.54, 1.807) is 7.05 Å². The number of nitrogens with one attached hydrogen (secondary N) is 2. The Morgan fingerprint density at radius 1 is 1.64 bits per heavy atom. The van der Waals surface area contributed by atoms with Crippen LogP contribution >= 0.6 is 0 Å². The molecule has 0 aromatic heterocycles. The van der Waals surface area contributed by atoms with Crippen LogP contribution in [0.15, 0.2) is 0 Å². The Morgan fingerprint density at radius 2 is 2.43 bits per heavy atom. The van der Waals surface area contributed by atoms with Crippen molar-refractivity contribution in [2.75, 3.05) is 33.2 Å². The fourth-order valence-electron chi connectivity index (χ4n) is 1.82. The van der Waals surface area contributed by atoms with E-state index in [2.05, 4.69) is 15.5 Å². The van der Waals surface area contributed by atoms with Crippen LogP contribution in [0.3, 0.4) is 0 Å². The second-order valence-electron chi connectivity index (χ2n) is 3.65. The topological polar surface area (TPSA) is 70.4 Å². The van der Waals surface area contributed by atoms with Gasteiger partial charge in [-0.15, -0.1) is 0 Å². The number of carbonyl (C=O) groups is 1. The Morgan fingerprint density at radius 3 is 3.07 bits per heavy atom. The number of nitrogens with two attached hydrogens (primary N) is 1. The molecular formula is C9H20N4O. The molecule has 1 unspecified atom stereocenters. The lowest BCUT2D eigenvalue weighted by Crippen LogP contribution is -2.50. The highest BCUT2D eigenvalue weighted by Gasteiger charge is 2.19. The number of hydrogen-bond acceptors (Lipinski definition) is 3. The maximum absolute atomic E-state index is 11.1. The van der Waals surface area contributed by atoms with Crippen LogP contribution in [0.5, 0.6) is 0 Å². The maximum Gasteiger partial charge on any atom is 0.314 e. The summed E-state index contributed by atoms with van der Waals surface area (Å²) in [5, 5.41) is 5.49. The number of likely N-dealkylation sites (tertiary alicyclic amines) is 1. The third-order valence-corrected chi connectivity index (χ3v) is 2.51. The fraction of sp³-hybridized carbons (Fsp3) is 0.889. The summed E-state index contributed by atoms with van der Waals surface area (Å²) >= 11 is 0. The molecule has 1 rings (SSSR count). The van der Waals surface area contributed by atoms with Crippen LogP contribution in [0, 0.1) is 0 Å². The zero-order chi connectivity index (χ0) is 10.4. The summed E-state index contributed by atoms with van der Waals surface area (Å²) in [5.41, 5.74) is 5.49. The first-order valence-corrected chi connectivity index (χ1v) is 5.17. The first kappa shape index (κ1) is 11.3. The lowest BCUT2D eigenvalue weighted by atomic mass is 10.1. The van der Waals surface area contributed by atoms with Crippen LogP contribution < -0.4 is 16.4 Å². The number of urea groups is 1. The molecule has 2 amide bonds. The van der Waals surface area contributed by atoms with E-state index in [0.717, 1.165) is 32.5 Å². The van der Waals surface area contributed by atoms with E-state index in [1.807, 2.05) is 0 Å². The molecule has 1 atom stereocenters. The Bertz CT molecular complexity index is 184. The number of rotatable bonds is 3. The van der Waals surface area contributed by atoms with Gasteiger partial charge in [0.25, 0.3) is 0 Å². The van der Waals surface area contributed by atoms with Crippen LogP contribution in [0.25, 0.3) is 0 Å². The molecule has 5 nitrogen and oxygen atoms in total. The van der Waals surface area contributed by atoms with Gasteiger partial charge in [-0.1, -0.05) is 0 Å². The fourth-order valence-corrected chi connectivity index (χ4v) is 1.82. The molecule has 14 heavy (non-hydrogen) atoms. The van der Waals surface area contributed by atoms with Gasteiger partial charge in [0.15, 0.2) is 0 Å². The summed E-state index contributed by atoms with van der Waals surface area (Å²) in [7, 11) is 1.63. The van der Waals surface area contributed by atoms with Crippen LogP contribution in [-0.2, 0) is 0 Å². The first-order valence-electron chi connectivity index (χ1n) is 5.17. The average molecular weight is 200 g/mol. The van der Waals surface area contributed by atoms with Crippen LogP contribution in [0.1, 0.15) is 12.8 Å². The van der Waals surface area contributed by atoms with Gasteiger partial charge in [-0.05, 0) is 19.4 Å². The summed E-state index contributed by atoms with van der Waals surface area (Å²) in [6.45, 7) is 3.63. The van der Waals surface area contributed by atoms with Crippen molar-refractivity contribution in [3.05, 3.63) is 0 Å². The summed E-state index contributed by atoms with van der Waals surface area (Å²) in [4.78, 5) is 13.4. The summed E-state index contributed by atoms with van der Waals surface area (Å²) in [5.74, 6) is 0. The molecule has 0 aromatic rings. The van der Waals surface area contributed by atoms with Gasteiger partial charge in [0.2, 0.25) is 0 Å². The Balaban J connectivity index is 2.28. The lowest BCUT2D eigenvalue weighted by molar-refractivity contribution is 0.190. The third kappa shape index (κ3) is 3.51. The van der Waals surface area contributed by atoms with E-state index in [0.29, 0.717) is 6.54 Å². The van der Waals surface area contributed by atoms with Gasteiger partial charge in [0, 0.05) is 32.7 Å². The molecular weight excluding hydrogens is 180 g/mol. The molecule has 1 aliphatic rings. The zero-order valence-electron chi connectivity index (χ0n) is 8.75. The molecule has 0 bridgehead atoms. The van der Waals surface area contributed by atoms with E-state index >= 15 is 0 Å². The van der Waals surface area contributed by atoms with Crippen molar-refractivity contribution in [3.63, 3.8) is 0 Å². The number of piperidine rings is 1. The maximum atomic E-state index is 11.1. The largest absolute Gasteiger partial charge is 0.341 e. The molecule has 5 heteroatoms. The Hall–Kier alpha value is -0.810. The average Bonchev–Trinajstić information content (AvgIpc) is 2.19. The SMILES string of the molecule is CNC(=O)NC1CCCN(CCN)C1. The normalized spacial score (nSPS) is 23.1. The molecule has 0 aliphatic carbocycles. The van der Waals surface area contributed by atoms with Crippen LogP contribution in [0.2, 0.25) is 0 Å². The summed E-state index contributed by atoms with van der Waals surface area (Å²) in [6, 6.07) is 0.180. The van der Waals surface area contributed by atoms with E-state index in [9.17, 15) is 4.79 Å². The minimum atomic E-state index is -0.0930. The number of carbonyl (C=O) groups excluding carboxylic acids is 1. The molecule has 0 radical (unpaired) electrons. The van der Waals surface area contributed by atoms with Crippen molar-refractivity contribution in [2.24, 2.45) is 5.73 Å². The van der Waals surface area contributed by atoms with E-state index < -0.39 is 0 Å². The van der Waals surface area contributed by atoms with Crippen molar-refractivity contribution in [3.8, 4) is 0 Å². The highest BCUT2D eigenvalue weighted by molar-refractivity contribution is 5.73. The predicted octanol–water partition coefficient (Wildman–Crippen LogP) is -0.661. The highest BCUT2D eigenvalue weighted by Crippen LogP contribution is 2.08. The molecule has 1 heterocycles. The predicted molar refractivity (Wildman–Crippen MR) is 56.1 cm³/mol. The second-order valence-corrected chi connectivity index (χ2v) is 3.65. The first-order chi connectivity index (χ1) is 6.76. The molecule has 1 saturated heterocycles. The van der Waals surface area contributed by atoms with Crippen molar-refractivity contribution in [1.29, 1.82) is 0 Å². The van der Waals surface area contributed by atoms with Crippen molar-refractivity contribution < 1.29 is 4.79 Å². The highest BCUT2D eigenvalue weighted by atomic mass is 16.2. The monoisotopic (exact) mass is 200 g/mol. The number of nitrogens with zero attached hydrogens (tertiary/aromatic N) is 1. The van der Waals surface area contributed by atoms with Gasteiger partial charge in [-0.25, -0.2) is 4.79 Å². The van der Waals surface area contributed by atoms with E-state index in [4.69, 9.17) is 5.73 Å². The number of amides is 2. The molecule has 1 aliphatic heterocycles. The quantitative estimate of drug-likeness (QED) is 0.566. The van der Waals surface area contributed by atoms with E-state index in [-0.39, 0.29) is 12.1 Å². The Kier molecular flexibility index (Phi) is 4.69. The van der Waals surface area contributed by atoms with Crippen molar-refractivity contribution >= 4 is 6.03 Å². The second kappa shape index (κ2) is 5.82. The molecule has 0 saturated carbocycles. The lowest BCUT2D eigenvalue weighted by Gasteiger charge is -2.32. The van der Waals surface area contributed by atoms with Crippen LogP contribution in [0.4, 0.5) is 4.79 Å². The van der Waals surface area contributed by atoms with Gasteiger partial charge in [-0.3, -0.25) is 0 Å². The molecule has 0 aromatic carbocycles. The standard InChI is InChI=1S/C9H20N4O/c1-11-9(14)12-8-3-2-5-13(7-8)6-4-10/h8H,2-7,10H2,1H3,(H2,11,12,14). The van der Waals surface area contributed by atoms with Crippen LogP contribution in [-0.4, -0.2) is 50.2 Å². The Labute approximate surface area is 85.0 Å². The zero-order valence-corrected chi connectivity index (χ0v) is 8.75. The van der Waals surface area contributed by atoms with Gasteiger partial charge < -0.3 is 21.3 Å². The smallest absolute Gasteiger partial charge is 0.314 e. The van der Waals surface area contributed by atoms with Gasteiger partial charge in [0.1, 0.15) is 0 Å². The van der Waals surface area contributed by atoms with Gasteiger partial charge in [0.05, 0.1) is 0 Å². The van der Waals surface area contributed by atoms with Gasteiger partial charge in [-0.2, -0.15) is 0 Å². The molecule has 4 N–H and O–H groups in total. The van der Waals surface area contributed by atoms with Gasteiger partial charge >= 0.3 is 6.03 Å². The summed E-state index contributed by atoms with van der Waals surface area (Å²) < 4.78 is 0. The minimum absolute atomic E-state index is 0.0930. The molecule has 0 spiro atoms. The molecule has 1 fully saturated rings. The van der Waals surface area contributed by atoms with Crippen molar-refractivity contribution in [2.45, 2.75) is 18.9 Å². The molecule has 82 valence electrons. The number of hydrogen-bond donors (Lipinski definition) is 3. The minimum Gasteiger partial charge on any atom is -0.341 e. The third-order valence-electron chi connectivity index (χ3n) is 2.51. The summed E-state index contributed by atoms with van der Waals surface area (Å²) in [6.07, 6.45) is 2.20. The van der Waals surface area contributed by atoms with Crippen molar-refractivity contribution in [1.82, 2.24) is 15.5 Å².